The Bertz CT molecular complexity index is 713. The fourth-order valence-electron chi connectivity index (χ4n) is 4.69. The average Bonchev–Trinajstić information content (AvgIpc) is 3.19. The molecule has 0 fully saturated rings. The lowest BCUT2D eigenvalue weighted by molar-refractivity contribution is -0.145. The first-order chi connectivity index (χ1) is 27.3. The van der Waals surface area contributed by atoms with Gasteiger partial charge in [-0.1, -0.05) is 58.3 Å². The van der Waals surface area contributed by atoms with E-state index < -0.39 is 0 Å². The number of ether oxygens (including phenoxy) is 13. The van der Waals surface area contributed by atoms with Crippen LogP contribution in [0.25, 0.3) is 0 Å². The molecular formula is C40H79ClO14. The number of rotatable bonds is 50. The van der Waals surface area contributed by atoms with E-state index >= 15 is 0 Å². The van der Waals surface area contributed by atoms with Crippen molar-refractivity contribution in [1.82, 2.24) is 0 Å². The summed E-state index contributed by atoms with van der Waals surface area (Å²) in [6.45, 7) is 14.9. The van der Waals surface area contributed by atoms with Gasteiger partial charge in [-0.2, -0.15) is 0 Å². The van der Waals surface area contributed by atoms with Gasteiger partial charge in [0.25, 0.3) is 0 Å². The van der Waals surface area contributed by atoms with Crippen molar-refractivity contribution in [3.63, 3.8) is 0 Å². The van der Waals surface area contributed by atoms with Gasteiger partial charge in [-0.05, 0) is 19.3 Å². The molecule has 0 saturated heterocycles. The second kappa shape index (κ2) is 51.3. The van der Waals surface area contributed by atoms with Crippen LogP contribution in [0.15, 0.2) is 0 Å². The summed E-state index contributed by atoms with van der Waals surface area (Å²) in [5, 5.41) is 0. The molecule has 0 aromatic rings. The lowest BCUT2D eigenvalue weighted by atomic mass is 10.1. The molecule has 330 valence electrons. The largest absolute Gasteiger partial charge is 0.463 e. The smallest absolute Gasteiger partial charge is 0.305 e. The van der Waals surface area contributed by atoms with Crippen molar-refractivity contribution in [1.29, 1.82) is 0 Å². The highest BCUT2D eigenvalue weighted by Crippen LogP contribution is 2.08. The highest BCUT2D eigenvalue weighted by Gasteiger charge is 2.03. The van der Waals surface area contributed by atoms with E-state index in [1.807, 2.05) is 0 Å². The molecule has 0 unspecified atom stereocenters. The van der Waals surface area contributed by atoms with Crippen LogP contribution in [0.2, 0.25) is 0 Å². The molecule has 0 amide bonds. The van der Waals surface area contributed by atoms with E-state index in [1.165, 1.54) is 38.5 Å². The van der Waals surface area contributed by atoms with E-state index in [-0.39, 0.29) is 12.6 Å². The first-order valence-electron chi connectivity index (χ1n) is 21.0. The Balaban J connectivity index is 3.09. The zero-order valence-electron chi connectivity index (χ0n) is 34.5. The summed E-state index contributed by atoms with van der Waals surface area (Å²) in [6, 6.07) is 0. The van der Waals surface area contributed by atoms with Crippen LogP contribution < -0.4 is 0 Å². The molecule has 55 heavy (non-hydrogen) atoms. The van der Waals surface area contributed by atoms with Crippen molar-refractivity contribution in [2.45, 2.75) is 84.0 Å². The molecule has 0 aliphatic heterocycles. The van der Waals surface area contributed by atoms with Crippen molar-refractivity contribution in [2.24, 2.45) is 0 Å². The number of esters is 1. The Morgan fingerprint density at radius 3 is 0.891 bits per heavy atom. The van der Waals surface area contributed by atoms with Crippen molar-refractivity contribution in [3.8, 4) is 0 Å². The van der Waals surface area contributed by atoms with E-state index in [4.69, 9.17) is 73.2 Å². The van der Waals surface area contributed by atoms with Gasteiger partial charge >= 0.3 is 5.97 Å². The number of carbonyl (C=O) groups excluding carboxylic acids is 1. The molecule has 0 saturated carbocycles. The minimum Gasteiger partial charge on any atom is -0.463 e. The van der Waals surface area contributed by atoms with E-state index in [0.29, 0.717) is 158 Å². The van der Waals surface area contributed by atoms with Crippen LogP contribution in [-0.4, -0.2) is 177 Å². The minimum absolute atomic E-state index is 0.141. The Hall–Kier alpha value is -0.720. The average molecular weight is 820 g/mol. The molecule has 0 radical (unpaired) electrons. The molecule has 0 aromatic heterocycles. The third-order valence-corrected chi connectivity index (χ3v) is 8.01. The van der Waals surface area contributed by atoms with E-state index in [9.17, 15) is 4.79 Å². The quantitative estimate of drug-likeness (QED) is 0.0424. The topological polar surface area (TPSA) is 137 Å². The van der Waals surface area contributed by atoms with Crippen LogP contribution in [0.5, 0.6) is 0 Å². The number of hydrogen-bond acceptors (Lipinski definition) is 14. The molecule has 0 aliphatic carbocycles. The number of hydrogen-bond donors (Lipinski definition) is 0. The third-order valence-electron chi connectivity index (χ3n) is 7.74. The zero-order valence-corrected chi connectivity index (χ0v) is 35.2. The van der Waals surface area contributed by atoms with Crippen molar-refractivity contribution >= 4 is 17.6 Å². The number of unbranched alkanes of at least 4 members (excludes halogenated alkanes) is 9. The molecule has 0 rings (SSSR count). The zero-order chi connectivity index (χ0) is 39.6. The summed E-state index contributed by atoms with van der Waals surface area (Å²) in [7, 11) is 0. The second-order valence-corrected chi connectivity index (χ2v) is 12.9. The second-order valence-electron chi connectivity index (χ2n) is 12.5. The van der Waals surface area contributed by atoms with Gasteiger partial charge in [0.15, 0.2) is 0 Å². The van der Waals surface area contributed by atoms with Crippen LogP contribution in [-0.2, 0) is 66.4 Å². The number of halogens is 1. The van der Waals surface area contributed by atoms with Crippen LogP contribution in [0.1, 0.15) is 84.0 Å². The number of carbonyl (C=O) groups is 1. The molecule has 0 atom stereocenters. The fourth-order valence-corrected chi connectivity index (χ4v) is 4.88. The molecule has 0 aromatic carbocycles. The maximum Gasteiger partial charge on any atom is 0.305 e. The molecular weight excluding hydrogens is 740 g/mol. The van der Waals surface area contributed by atoms with Gasteiger partial charge in [0.05, 0.1) is 152 Å². The Kier molecular flexibility index (Phi) is 50.6. The maximum absolute atomic E-state index is 11.7. The van der Waals surface area contributed by atoms with Gasteiger partial charge in [-0.3, -0.25) is 4.79 Å². The normalized spacial score (nSPS) is 11.5. The van der Waals surface area contributed by atoms with Gasteiger partial charge in [0.1, 0.15) is 6.61 Å². The predicted molar refractivity (Wildman–Crippen MR) is 213 cm³/mol. The van der Waals surface area contributed by atoms with Gasteiger partial charge in [0.2, 0.25) is 0 Å². The molecule has 14 nitrogen and oxygen atoms in total. The summed E-state index contributed by atoms with van der Waals surface area (Å²) in [5.74, 6) is 0.599. The molecule has 0 spiro atoms. The maximum atomic E-state index is 11.7. The summed E-state index contributed by atoms with van der Waals surface area (Å²) in [4.78, 5) is 11.7. The number of alkyl halides is 1. The lowest BCUT2D eigenvalue weighted by Crippen LogP contribution is -2.15. The molecule has 0 heterocycles. The van der Waals surface area contributed by atoms with Gasteiger partial charge in [-0.15, -0.1) is 11.6 Å². The lowest BCUT2D eigenvalue weighted by Gasteiger charge is -2.09. The monoisotopic (exact) mass is 819 g/mol. The first kappa shape index (κ1) is 54.3. The van der Waals surface area contributed by atoms with Crippen molar-refractivity contribution in [3.05, 3.63) is 0 Å². The van der Waals surface area contributed by atoms with Gasteiger partial charge in [0, 0.05) is 18.9 Å². The predicted octanol–water partition coefficient (Wildman–Crippen LogP) is 5.67. The summed E-state index contributed by atoms with van der Waals surface area (Å²) >= 11 is 5.66. The highest BCUT2D eigenvalue weighted by molar-refractivity contribution is 6.17. The van der Waals surface area contributed by atoms with Crippen LogP contribution >= 0.6 is 11.6 Å². The van der Waals surface area contributed by atoms with Crippen molar-refractivity contribution < 1.29 is 66.4 Å². The highest BCUT2D eigenvalue weighted by atomic mass is 35.5. The Morgan fingerprint density at radius 1 is 0.309 bits per heavy atom. The molecule has 15 heteroatoms. The standard InChI is InChI=1S/C40H79ClO14/c1-2-3-4-5-6-7-10-13-40(42)55-39-38-54-37-36-53-35-34-52-33-32-51-31-30-50-29-28-49-27-26-48-25-24-47-23-22-46-21-20-45-19-18-44-17-16-43-15-12-9-8-11-14-41/h2-39H2,1H3. The first-order valence-corrected chi connectivity index (χ1v) is 21.5. The SMILES string of the molecule is CCCCCCCCCC(=O)OCCOCCOCCOCCOCCOCCOCCOCCOCCOCCOCCOCCOCCCCCCCl. The summed E-state index contributed by atoms with van der Waals surface area (Å²) in [5.41, 5.74) is 0. The fraction of sp³-hybridized carbons (Fsp3) is 0.975. The molecule has 0 N–H and O–H groups in total. The Morgan fingerprint density at radius 2 is 0.564 bits per heavy atom. The van der Waals surface area contributed by atoms with E-state index in [0.717, 1.165) is 44.6 Å². The van der Waals surface area contributed by atoms with Crippen LogP contribution in [0.3, 0.4) is 0 Å². The molecule has 0 aliphatic rings. The summed E-state index contributed by atoms with van der Waals surface area (Å²) in [6.07, 6.45) is 13.3. The van der Waals surface area contributed by atoms with E-state index in [2.05, 4.69) is 6.92 Å². The minimum atomic E-state index is -0.141. The van der Waals surface area contributed by atoms with Gasteiger partial charge < -0.3 is 61.6 Å². The van der Waals surface area contributed by atoms with Crippen molar-refractivity contribution in [2.75, 3.05) is 171 Å². The van der Waals surface area contributed by atoms with Crippen LogP contribution in [0.4, 0.5) is 0 Å². The summed E-state index contributed by atoms with van der Waals surface area (Å²) < 4.78 is 71.1. The van der Waals surface area contributed by atoms with Crippen LogP contribution in [0, 0.1) is 0 Å². The Labute approximate surface area is 338 Å². The molecule has 0 bridgehead atoms. The third kappa shape index (κ3) is 51.3. The van der Waals surface area contributed by atoms with Gasteiger partial charge in [-0.25, -0.2) is 0 Å². The van der Waals surface area contributed by atoms with E-state index in [1.54, 1.807) is 0 Å².